The zero-order valence-electron chi connectivity index (χ0n) is 16.0. The number of hydrogen-bond donors (Lipinski definition) is 1. The summed E-state index contributed by atoms with van der Waals surface area (Å²) in [5, 5.41) is 8.92. The molecule has 8 nitrogen and oxygen atoms in total. The van der Waals surface area contributed by atoms with Gasteiger partial charge in [-0.15, -0.1) is 11.3 Å². The van der Waals surface area contributed by atoms with Gasteiger partial charge >= 0.3 is 0 Å². The predicted molar refractivity (Wildman–Crippen MR) is 114 cm³/mol. The Morgan fingerprint density at radius 3 is 2.80 bits per heavy atom. The van der Waals surface area contributed by atoms with E-state index in [1.807, 2.05) is 0 Å². The van der Waals surface area contributed by atoms with Crippen molar-refractivity contribution in [2.45, 2.75) is 24.0 Å². The smallest absolute Gasteiger partial charge is 0.252 e. The number of nitrogens with zero attached hydrogens (tertiary/aromatic N) is 3. The van der Waals surface area contributed by atoms with Crippen LogP contribution in [0.1, 0.15) is 18.7 Å². The molecule has 1 N–H and O–H groups in total. The molecule has 1 atom stereocenters. The van der Waals surface area contributed by atoms with Crippen LogP contribution in [0.25, 0.3) is 11.4 Å². The van der Waals surface area contributed by atoms with Gasteiger partial charge in [0.2, 0.25) is 17.6 Å². The Kier molecular flexibility index (Phi) is 5.92. The summed E-state index contributed by atoms with van der Waals surface area (Å²) in [5.74, 6) is 0.130. The minimum absolute atomic E-state index is 0.135. The molecule has 11 heteroatoms. The van der Waals surface area contributed by atoms with Crippen molar-refractivity contribution in [3.8, 4) is 11.4 Å². The average Bonchev–Trinajstić information content (AvgIpc) is 3.39. The minimum Gasteiger partial charge on any atom is -0.339 e. The highest BCUT2D eigenvalue weighted by Gasteiger charge is 2.34. The van der Waals surface area contributed by atoms with Crippen LogP contribution in [-0.4, -0.2) is 41.9 Å². The molecule has 158 valence electrons. The maximum absolute atomic E-state index is 13.1. The summed E-state index contributed by atoms with van der Waals surface area (Å²) < 4.78 is 32.8. The van der Waals surface area contributed by atoms with Crippen LogP contribution in [0.2, 0.25) is 5.02 Å². The Morgan fingerprint density at radius 1 is 1.33 bits per heavy atom. The number of halogens is 1. The topological polar surface area (TPSA) is 105 Å². The van der Waals surface area contributed by atoms with E-state index in [1.54, 1.807) is 42.6 Å². The van der Waals surface area contributed by atoms with E-state index in [9.17, 15) is 13.2 Å². The van der Waals surface area contributed by atoms with Gasteiger partial charge < -0.3 is 9.84 Å². The van der Waals surface area contributed by atoms with Crippen LogP contribution in [0, 0.1) is 12.8 Å². The lowest BCUT2D eigenvalue weighted by molar-refractivity contribution is -0.120. The number of sulfonamides is 1. The Labute approximate surface area is 182 Å². The molecule has 1 amide bonds. The van der Waals surface area contributed by atoms with Gasteiger partial charge in [0.05, 0.1) is 5.92 Å². The van der Waals surface area contributed by atoms with Gasteiger partial charge in [0, 0.05) is 41.7 Å². The molecule has 0 aliphatic carbocycles. The summed E-state index contributed by atoms with van der Waals surface area (Å²) in [7, 11) is -3.72. The molecule has 1 aromatic carbocycles. The van der Waals surface area contributed by atoms with Crippen molar-refractivity contribution in [3.63, 3.8) is 0 Å². The third-order valence-corrected chi connectivity index (χ3v) is 8.35. The molecular weight excluding hydrogens is 448 g/mol. The molecular formula is C19H19ClN4O4S2. The highest BCUT2D eigenvalue weighted by atomic mass is 35.5. The first-order chi connectivity index (χ1) is 14.3. The number of hydrogen-bond acceptors (Lipinski definition) is 7. The highest BCUT2D eigenvalue weighted by molar-refractivity contribution is 7.91. The largest absolute Gasteiger partial charge is 0.339 e. The fraction of sp³-hybridized carbons (Fsp3) is 0.316. The second-order valence-corrected chi connectivity index (χ2v) is 10.5. The number of piperidine rings is 1. The molecule has 0 bridgehead atoms. The Morgan fingerprint density at radius 2 is 2.10 bits per heavy atom. The molecule has 30 heavy (non-hydrogen) atoms. The first-order valence-electron chi connectivity index (χ1n) is 9.29. The van der Waals surface area contributed by atoms with E-state index in [1.165, 1.54) is 4.31 Å². The lowest BCUT2D eigenvalue weighted by Crippen LogP contribution is -2.43. The standard InChI is InChI=1S/C19H19ClN4O4S2/c1-12-21-18(23-28-12)14-9-17(29-11-14)30(26,27)24-8-2-3-13(10-24)19(25)22-16-6-4-15(20)5-7-16/h4-7,9,11,13H,2-3,8,10H2,1H3,(H,22,25). The molecule has 0 radical (unpaired) electrons. The summed E-state index contributed by atoms with van der Waals surface area (Å²) in [4.78, 5) is 16.8. The molecule has 0 spiro atoms. The minimum atomic E-state index is -3.72. The van der Waals surface area contributed by atoms with Crippen LogP contribution in [0.3, 0.4) is 0 Å². The Balaban J connectivity index is 1.47. The maximum atomic E-state index is 13.1. The lowest BCUT2D eigenvalue weighted by atomic mass is 9.99. The first kappa shape index (κ1) is 21.0. The van der Waals surface area contributed by atoms with Crippen molar-refractivity contribution in [3.05, 3.63) is 46.6 Å². The van der Waals surface area contributed by atoms with Gasteiger partial charge in [-0.25, -0.2) is 8.42 Å². The van der Waals surface area contributed by atoms with Crippen LogP contribution in [-0.2, 0) is 14.8 Å². The number of rotatable bonds is 5. The van der Waals surface area contributed by atoms with E-state index in [-0.39, 0.29) is 16.7 Å². The summed E-state index contributed by atoms with van der Waals surface area (Å²) in [6, 6.07) is 8.35. The molecule has 3 heterocycles. The maximum Gasteiger partial charge on any atom is 0.252 e. The van der Waals surface area contributed by atoms with E-state index >= 15 is 0 Å². The third kappa shape index (κ3) is 4.41. The molecule has 3 aromatic rings. The molecule has 0 saturated carbocycles. The number of amides is 1. The zero-order chi connectivity index (χ0) is 21.3. The molecule has 1 fully saturated rings. The van der Waals surface area contributed by atoms with Crippen molar-refractivity contribution < 1.29 is 17.7 Å². The van der Waals surface area contributed by atoms with Gasteiger partial charge in [0.25, 0.3) is 10.0 Å². The second-order valence-electron chi connectivity index (χ2n) is 6.99. The van der Waals surface area contributed by atoms with Crippen LogP contribution in [0.15, 0.2) is 44.4 Å². The predicted octanol–water partition coefficient (Wildman–Crippen LogP) is 3.80. The summed E-state index contributed by atoms with van der Waals surface area (Å²) in [6.45, 7) is 2.18. The summed E-state index contributed by atoms with van der Waals surface area (Å²) in [5.41, 5.74) is 1.21. The van der Waals surface area contributed by atoms with Gasteiger partial charge in [0.15, 0.2) is 0 Å². The van der Waals surface area contributed by atoms with Crippen LogP contribution < -0.4 is 5.32 Å². The second kappa shape index (κ2) is 8.46. The van der Waals surface area contributed by atoms with Gasteiger partial charge in [-0.1, -0.05) is 16.8 Å². The molecule has 1 aliphatic heterocycles. The molecule has 2 aromatic heterocycles. The van der Waals surface area contributed by atoms with Crippen LogP contribution in [0.5, 0.6) is 0 Å². The van der Waals surface area contributed by atoms with Crippen molar-refractivity contribution >= 4 is 44.6 Å². The monoisotopic (exact) mass is 466 g/mol. The van der Waals surface area contributed by atoms with E-state index in [0.29, 0.717) is 47.4 Å². The van der Waals surface area contributed by atoms with E-state index in [4.69, 9.17) is 16.1 Å². The van der Waals surface area contributed by atoms with Crippen molar-refractivity contribution in [1.29, 1.82) is 0 Å². The third-order valence-electron chi connectivity index (χ3n) is 4.82. The number of benzene rings is 1. The summed E-state index contributed by atoms with van der Waals surface area (Å²) >= 11 is 6.97. The molecule has 1 unspecified atom stereocenters. The number of nitrogens with one attached hydrogen (secondary N) is 1. The van der Waals surface area contributed by atoms with Gasteiger partial charge in [0.1, 0.15) is 4.21 Å². The van der Waals surface area contributed by atoms with Gasteiger partial charge in [-0.2, -0.15) is 9.29 Å². The average molecular weight is 467 g/mol. The van der Waals surface area contributed by atoms with Crippen LogP contribution >= 0.6 is 22.9 Å². The molecule has 4 rings (SSSR count). The van der Waals surface area contributed by atoms with Crippen molar-refractivity contribution in [2.24, 2.45) is 5.92 Å². The lowest BCUT2D eigenvalue weighted by Gasteiger charge is -2.30. The van der Waals surface area contributed by atoms with Crippen LogP contribution in [0.4, 0.5) is 5.69 Å². The van der Waals surface area contributed by atoms with E-state index in [2.05, 4.69) is 15.5 Å². The molecule has 1 aliphatic rings. The first-order valence-corrected chi connectivity index (χ1v) is 12.0. The van der Waals surface area contributed by atoms with Crippen molar-refractivity contribution in [1.82, 2.24) is 14.4 Å². The Hall–Kier alpha value is -2.27. The van der Waals surface area contributed by atoms with E-state index in [0.717, 1.165) is 11.3 Å². The normalized spacial score (nSPS) is 17.7. The Bertz CT molecular complexity index is 1160. The molecule has 1 saturated heterocycles. The number of aryl methyl sites for hydroxylation is 1. The number of carbonyl (C=O) groups excluding carboxylic acids is 1. The van der Waals surface area contributed by atoms with Gasteiger partial charge in [-0.3, -0.25) is 4.79 Å². The number of aromatic nitrogens is 2. The quantitative estimate of drug-likeness (QED) is 0.613. The summed E-state index contributed by atoms with van der Waals surface area (Å²) in [6.07, 6.45) is 1.24. The zero-order valence-corrected chi connectivity index (χ0v) is 18.4. The van der Waals surface area contributed by atoms with E-state index < -0.39 is 15.9 Å². The fourth-order valence-corrected chi connectivity index (χ4v) is 6.23. The number of carbonyl (C=O) groups is 1. The van der Waals surface area contributed by atoms with Crippen molar-refractivity contribution in [2.75, 3.05) is 18.4 Å². The number of thiophene rings is 1. The fourth-order valence-electron chi connectivity index (χ4n) is 3.27. The SMILES string of the molecule is Cc1nc(-c2csc(S(=O)(=O)N3CCCC(C(=O)Nc4ccc(Cl)cc4)C3)c2)no1. The highest BCUT2D eigenvalue weighted by Crippen LogP contribution is 2.31. The van der Waals surface area contributed by atoms with Gasteiger partial charge in [-0.05, 0) is 43.2 Å². The number of anilines is 1.